The first kappa shape index (κ1) is 18.4. The molecule has 1 amide bonds. The number of aryl methyl sites for hydroxylation is 1. The van der Waals surface area contributed by atoms with Crippen molar-refractivity contribution in [2.75, 3.05) is 5.32 Å². The molecule has 0 atom stereocenters. The van der Waals surface area contributed by atoms with E-state index in [2.05, 4.69) is 11.4 Å². The number of nitrogens with one attached hydrogen (secondary N) is 1. The van der Waals surface area contributed by atoms with Gasteiger partial charge in [-0.05, 0) is 29.2 Å². The van der Waals surface area contributed by atoms with Crippen LogP contribution in [0.1, 0.15) is 27.9 Å². The molecule has 6 heteroatoms. The van der Waals surface area contributed by atoms with Gasteiger partial charge in [0.2, 0.25) is 5.91 Å². The molecule has 3 rings (SSSR count). The lowest BCUT2D eigenvalue weighted by Crippen LogP contribution is -2.14. The molecule has 0 saturated carbocycles. The first-order valence-corrected chi connectivity index (χ1v) is 9.20. The summed E-state index contributed by atoms with van der Waals surface area (Å²) in [6.07, 6.45) is 0.793. The zero-order valence-electron chi connectivity index (χ0n) is 14.3. The van der Waals surface area contributed by atoms with Gasteiger partial charge >= 0.3 is 5.97 Å². The summed E-state index contributed by atoms with van der Waals surface area (Å²) >= 11 is 1.23. The zero-order chi connectivity index (χ0) is 19.2. The predicted molar refractivity (Wildman–Crippen MR) is 105 cm³/mol. The van der Waals surface area contributed by atoms with E-state index in [4.69, 9.17) is 5.11 Å². The minimum absolute atomic E-state index is 0.105. The Labute approximate surface area is 160 Å². The second-order valence-corrected chi connectivity index (χ2v) is 6.65. The number of thiophene rings is 1. The summed E-state index contributed by atoms with van der Waals surface area (Å²) in [5.74, 6) is -1.28. The van der Waals surface area contributed by atoms with Crippen molar-refractivity contribution in [1.29, 1.82) is 5.26 Å². The summed E-state index contributed by atoms with van der Waals surface area (Å²) < 4.78 is 0. The molecule has 2 aromatic carbocycles. The van der Waals surface area contributed by atoms with Gasteiger partial charge in [-0.25, -0.2) is 4.79 Å². The summed E-state index contributed by atoms with van der Waals surface area (Å²) in [6, 6.07) is 17.3. The predicted octanol–water partition coefficient (Wildman–Crippen LogP) is 4.56. The molecule has 5 nitrogen and oxygen atoms in total. The van der Waals surface area contributed by atoms with Gasteiger partial charge in [0.05, 0.1) is 22.9 Å². The highest BCUT2D eigenvalue weighted by atomic mass is 32.1. The maximum Gasteiger partial charge on any atom is 0.338 e. The van der Waals surface area contributed by atoms with Crippen molar-refractivity contribution < 1.29 is 14.7 Å². The Morgan fingerprint density at radius 1 is 1.07 bits per heavy atom. The van der Waals surface area contributed by atoms with Crippen LogP contribution in [-0.2, 0) is 11.2 Å². The van der Waals surface area contributed by atoms with Gasteiger partial charge in [-0.1, -0.05) is 42.5 Å². The van der Waals surface area contributed by atoms with Gasteiger partial charge in [-0.15, -0.1) is 11.3 Å². The van der Waals surface area contributed by atoms with E-state index in [0.29, 0.717) is 17.7 Å². The van der Waals surface area contributed by atoms with Crippen LogP contribution < -0.4 is 5.32 Å². The van der Waals surface area contributed by atoms with Crippen molar-refractivity contribution in [3.63, 3.8) is 0 Å². The molecule has 134 valence electrons. The number of amides is 1. The first-order chi connectivity index (χ1) is 13.1. The van der Waals surface area contributed by atoms with E-state index in [9.17, 15) is 14.9 Å². The number of nitrogens with zero attached hydrogens (tertiary/aromatic N) is 1. The highest BCUT2D eigenvalue weighted by Crippen LogP contribution is 2.24. The number of carbonyl (C=O) groups is 2. The van der Waals surface area contributed by atoms with Crippen molar-refractivity contribution in [1.82, 2.24) is 0 Å². The molecule has 2 N–H and O–H groups in total. The molecule has 0 saturated heterocycles. The highest BCUT2D eigenvalue weighted by Gasteiger charge is 2.13. The summed E-state index contributed by atoms with van der Waals surface area (Å²) in [7, 11) is 0. The lowest BCUT2D eigenvalue weighted by molar-refractivity contribution is -0.116. The molecule has 0 aliphatic heterocycles. The zero-order valence-corrected chi connectivity index (χ0v) is 15.1. The number of nitriles is 1. The molecule has 0 aliphatic carbocycles. The molecule has 0 spiro atoms. The van der Waals surface area contributed by atoms with Gasteiger partial charge in [0.1, 0.15) is 0 Å². The van der Waals surface area contributed by atoms with Crippen LogP contribution in [-0.4, -0.2) is 17.0 Å². The Morgan fingerprint density at radius 2 is 1.81 bits per heavy atom. The molecule has 27 heavy (non-hydrogen) atoms. The standard InChI is InChI=1S/C21H16N2O3S/c22-11-16-3-1-2-4-17(16)15-8-5-14(6-9-15)7-10-20(24)23-19-13-27-12-18(19)21(25)26/h1-6,8-9,12-13H,7,10H2,(H,23,24)(H,25,26). The summed E-state index contributed by atoms with van der Waals surface area (Å²) in [4.78, 5) is 23.2. The van der Waals surface area contributed by atoms with Crippen LogP contribution in [0, 0.1) is 11.3 Å². The second-order valence-electron chi connectivity index (χ2n) is 5.91. The molecule has 1 aromatic heterocycles. The van der Waals surface area contributed by atoms with Gasteiger partial charge in [0.25, 0.3) is 0 Å². The van der Waals surface area contributed by atoms with E-state index < -0.39 is 5.97 Å². The van der Waals surface area contributed by atoms with Crippen molar-refractivity contribution in [3.05, 3.63) is 76.0 Å². The molecular weight excluding hydrogens is 360 g/mol. The van der Waals surface area contributed by atoms with E-state index in [0.717, 1.165) is 16.7 Å². The van der Waals surface area contributed by atoms with Crippen LogP contribution in [0.4, 0.5) is 5.69 Å². The molecule has 3 aromatic rings. The number of benzene rings is 2. The average Bonchev–Trinajstić information content (AvgIpc) is 3.15. The van der Waals surface area contributed by atoms with Crippen molar-refractivity contribution in [2.24, 2.45) is 0 Å². The minimum Gasteiger partial charge on any atom is -0.478 e. The third kappa shape index (κ3) is 4.40. The van der Waals surface area contributed by atoms with Gasteiger partial charge in [-0.3, -0.25) is 4.79 Å². The lowest BCUT2D eigenvalue weighted by atomic mass is 9.98. The number of carboxylic acid groups (broad SMARTS) is 1. The van der Waals surface area contributed by atoms with Crippen molar-refractivity contribution >= 4 is 28.9 Å². The molecule has 0 fully saturated rings. The largest absolute Gasteiger partial charge is 0.478 e. The summed E-state index contributed by atoms with van der Waals surface area (Å²) in [6.45, 7) is 0. The van der Waals surface area contributed by atoms with Crippen LogP contribution in [0.15, 0.2) is 59.3 Å². The van der Waals surface area contributed by atoms with Gasteiger partial charge in [0, 0.05) is 17.2 Å². The average molecular weight is 376 g/mol. The van der Waals surface area contributed by atoms with Crippen LogP contribution in [0.25, 0.3) is 11.1 Å². The van der Waals surface area contributed by atoms with E-state index in [1.54, 1.807) is 11.4 Å². The Bertz CT molecular complexity index is 1020. The van der Waals surface area contributed by atoms with E-state index >= 15 is 0 Å². The fourth-order valence-electron chi connectivity index (χ4n) is 2.71. The Hall–Kier alpha value is -3.43. The SMILES string of the molecule is N#Cc1ccccc1-c1ccc(CCC(=O)Nc2cscc2C(=O)O)cc1. The molecule has 0 radical (unpaired) electrons. The number of rotatable bonds is 6. The molecular formula is C21H16N2O3S. The van der Waals surface area contributed by atoms with Crippen LogP contribution >= 0.6 is 11.3 Å². The first-order valence-electron chi connectivity index (χ1n) is 8.26. The topological polar surface area (TPSA) is 90.2 Å². The Balaban J connectivity index is 1.62. The lowest BCUT2D eigenvalue weighted by Gasteiger charge is -2.07. The Kier molecular flexibility index (Phi) is 5.64. The number of carboxylic acids is 1. The van der Waals surface area contributed by atoms with Gasteiger partial charge in [-0.2, -0.15) is 5.26 Å². The number of hydrogen-bond donors (Lipinski definition) is 2. The maximum absolute atomic E-state index is 12.1. The third-order valence-electron chi connectivity index (χ3n) is 4.12. The van der Waals surface area contributed by atoms with Gasteiger partial charge < -0.3 is 10.4 Å². The smallest absolute Gasteiger partial charge is 0.338 e. The van der Waals surface area contributed by atoms with Crippen LogP contribution in [0.3, 0.4) is 0 Å². The van der Waals surface area contributed by atoms with Crippen molar-refractivity contribution in [2.45, 2.75) is 12.8 Å². The maximum atomic E-state index is 12.1. The van der Waals surface area contributed by atoms with Crippen LogP contribution in [0.5, 0.6) is 0 Å². The summed E-state index contributed by atoms with van der Waals surface area (Å²) in [5, 5.41) is 24.0. The number of hydrogen-bond acceptors (Lipinski definition) is 4. The fraction of sp³-hybridized carbons (Fsp3) is 0.0952. The van der Waals surface area contributed by atoms with E-state index in [1.165, 1.54) is 16.7 Å². The second kappa shape index (κ2) is 8.30. The highest BCUT2D eigenvalue weighted by molar-refractivity contribution is 7.08. The summed E-state index contributed by atoms with van der Waals surface area (Å²) in [5.41, 5.74) is 3.88. The number of carbonyl (C=O) groups excluding carboxylic acids is 1. The third-order valence-corrected chi connectivity index (χ3v) is 4.86. The minimum atomic E-state index is -1.06. The van der Waals surface area contributed by atoms with E-state index in [-0.39, 0.29) is 17.9 Å². The van der Waals surface area contributed by atoms with Crippen molar-refractivity contribution in [3.8, 4) is 17.2 Å². The fourth-order valence-corrected chi connectivity index (χ4v) is 3.47. The molecule has 0 bridgehead atoms. The molecule has 0 unspecified atom stereocenters. The molecule has 1 heterocycles. The quantitative estimate of drug-likeness (QED) is 0.660. The number of anilines is 1. The molecule has 0 aliphatic rings. The van der Waals surface area contributed by atoms with Crippen LogP contribution in [0.2, 0.25) is 0 Å². The monoisotopic (exact) mass is 376 g/mol. The Morgan fingerprint density at radius 3 is 2.52 bits per heavy atom. The normalized spacial score (nSPS) is 10.2. The van der Waals surface area contributed by atoms with E-state index in [1.807, 2.05) is 42.5 Å². The number of aromatic carboxylic acids is 1. The van der Waals surface area contributed by atoms with Gasteiger partial charge in [0.15, 0.2) is 0 Å².